The van der Waals surface area contributed by atoms with Gasteiger partial charge in [0.2, 0.25) is 5.91 Å². The van der Waals surface area contributed by atoms with Crippen LogP contribution in [-0.4, -0.2) is 41.2 Å². The highest BCUT2D eigenvalue weighted by molar-refractivity contribution is 7.09. The quantitative estimate of drug-likeness (QED) is 0.265. The molecule has 10 nitrogen and oxygen atoms in total. The highest BCUT2D eigenvalue weighted by Gasteiger charge is 2.38. The lowest BCUT2D eigenvalue weighted by Crippen LogP contribution is -2.45. The van der Waals surface area contributed by atoms with Crippen LogP contribution in [0.15, 0.2) is 48.5 Å². The summed E-state index contributed by atoms with van der Waals surface area (Å²) in [5.41, 5.74) is 8.66. The molecule has 0 aliphatic heterocycles. The van der Waals surface area contributed by atoms with E-state index in [-0.39, 0.29) is 12.2 Å². The molecule has 0 saturated heterocycles. The van der Waals surface area contributed by atoms with Gasteiger partial charge < -0.3 is 21.5 Å². The van der Waals surface area contributed by atoms with Crippen molar-refractivity contribution in [1.29, 1.82) is 0 Å². The molecule has 0 aliphatic rings. The van der Waals surface area contributed by atoms with Crippen LogP contribution in [0.1, 0.15) is 44.3 Å². The summed E-state index contributed by atoms with van der Waals surface area (Å²) in [6.45, 7) is 0.913. The van der Waals surface area contributed by atoms with Crippen molar-refractivity contribution in [3.63, 3.8) is 0 Å². The van der Waals surface area contributed by atoms with E-state index in [4.69, 9.17) is 16.2 Å². The van der Waals surface area contributed by atoms with Gasteiger partial charge in [0.25, 0.3) is 11.8 Å². The largest absolute Gasteiger partial charge is 0.465 e. The Hall–Kier alpha value is -4.53. The maximum Gasteiger partial charge on any atom is 0.416 e. The van der Waals surface area contributed by atoms with E-state index in [1.807, 2.05) is 0 Å². The molecular formula is C24H21F4N5O5S. The van der Waals surface area contributed by atoms with Crippen molar-refractivity contribution in [3.8, 4) is 0 Å². The minimum atomic E-state index is -4.81. The maximum absolute atomic E-state index is 13.8. The molecule has 1 aromatic heterocycles. The number of alkyl halides is 3. The summed E-state index contributed by atoms with van der Waals surface area (Å²) in [5, 5.41) is 2.28. The van der Waals surface area contributed by atoms with E-state index in [0.29, 0.717) is 22.5 Å². The molecule has 0 fully saturated rings. The molecule has 3 aromatic rings. The van der Waals surface area contributed by atoms with Gasteiger partial charge >= 0.3 is 12.1 Å². The van der Waals surface area contributed by atoms with Gasteiger partial charge in [0.15, 0.2) is 5.69 Å². The van der Waals surface area contributed by atoms with Crippen LogP contribution in [0.2, 0.25) is 0 Å². The number of primary amides is 1. The van der Waals surface area contributed by atoms with E-state index >= 15 is 0 Å². The van der Waals surface area contributed by atoms with Crippen LogP contribution >= 0.6 is 11.5 Å². The Balaban J connectivity index is 2.22. The van der Waals surface area contributed by atoms with Crippen molar-refractivity contribution in [2.75, 3.05) is 23.8 Å². The lowest BCUT2D eigenvalue weighted by Gasteiger charge is -2.31. The molecule has 39 heavy (non-hydrogen) atoms. The Morgan fingerprint density at radius 3 is 2.36 bits per heavy atom. The standard InChI is InChI=1S/C24H21F4N5O5S/c1-2-38-16(34)11-31-22(36)19(12-6-8-14(25)9-7-12)33(15-5-3-4-13(10-15)24(26,27)28)23(37)20-17(29)18(21(30)35)32-39-20/h3-10,19H,2,11,29H2,1H3,(H2,30,35)(H,31,36)/t19-/m1/s1. The van der Waals surface area contributed by atoms with Crippen LogP contribution < -0.4 is 21.7 Å². The van der Waals surface area contributed by atoms with Gasteiger partial charge in [-0.05, 0) is 54.4 Å². The molecule has 0 aliphatic carbocycles. The number of carbonyl (C=O) groups excluding carboxylic acids is 4. The Labute approximate surface area is 222 Å². The number of nitrogen functional groups attached to an aromatic ring is 1. The number of carbonyl (C=O) groups is 4. The third-order valence-electron chi connectivity index (χ3n) is 5.23. The smallest absolute Gasteiger partial charge is 0.416 e. The first-order valence-corrected chi connectivity index (χ1v) is 11.9. The van der Waals surface area contributed by atoms with Crippen LogP contribution in [0.5, 0.6) is 0 Å². The molecule has 3 amide bonds. The number of nitrogens with zero attached hydrogens (tertiary/aromatic N) is 2. The van der Waals surface area contributed by atoms with Gasteiger partial charge in [0.05, 0.1) is 17.9 Å². The molecule has 1 heterocycles. The second-order valence-corrected chi connectivity index (χ2v) is 8.61. The highest BCUT2D eigenvalue weighted by atomic mass is 32.1. The number of ether oxygens (including phenoxy) is 1. The summed E-state index contributed by atoms with van der Waals surface area (Å²) in [4.78, 5) is 51.0. The van der Waals surface area contributed by atoms with Crippen molar-refractivity contribution in [2.24, 2.45) is 5.73 Å². The second-order valence-electron chi connectivity index (χ2n) is 7.84. The number of nitrogens with one attached hydrogen (secondary N) is 1. The lowest BCUT2D eigenvalue weighted by atomic mass is 10.0. The van der Waals surface area contributed by atoms with Crippen LogP contribution in [0, 0.1) is 5.82 Å². The second kappa shape index (κ2) is 11.9. The predicted molar refractivity (Wildman–Crippen MR) is 132 cm³/mol. The van der Waals surface area contributed by atoms with Gasteiger partial charge in [-0.1, -0.05) is 18.2 Å². The number of anilines is 2. The lowest BCUT2D eigenvalue weighted by molar-refractivity contribution is -0.143. The molecule has 0 saturated carbocycles. The van der Waals surface area contributed by atoms with Crippen LogP contribution in [0.4, 0.5) is 28.9 Å². The number of hydrogen-bond donors (Lipinski definition) is 3. The zero-order valence-electron chi connectivity index (χ0n) is 20.1. The molecule has 1 atom stereocenters. The maximum atomic E-state index is 13.8. The predicted octanol–water partition coefficient (Wildman–Crippen LogP) is 3.05. The van der Waals surface area contributed by atoms with E-state index in [0.717, 1.165) is 42.5 Å². The highest BCUT2D eigenvalue weighted by Crippen LogP contribution is 2.37. The van der Waals surface area contributed by atoms with Gasteiger partial charge in [-0.2, -0.15) is 17.5 Å². The van der Waals surface area contributed by atoms with Gasteiger partial charge in [0.1, 0.15) is 23.3 Å². The third-order valence-corrected chi connectivity index (χ3v) is 6.08. The fourth-order valence-corrected chi connectivity index (χ4v) is 4.23. The van der Waals surface area contributed by atoms with E-state index in [1.165, 1.54) is 6.92 Å². The molecule has 5 N–H and O–H groups in total. The Bertz CT molecular complexity index is 1390. The minimum absolute atomic E-state index is 0.0117. The third kappa shape index (κ3) is 6.67. The average molecular weight is 568 g/mol. The molecule has 2 aromatic carbocycles. The van der Waals surface area contributed by atoms with E-state index in [1.54, 1.807) is 0 Å². The SMILES string of the molecule is CCOC(=O)CNC(=O)[C@@H](c1ccc(F)cc1)N(C(=O)c1snc(C(N)=O)c1N)c1cccc(C(F)(F)F)c1. The van der Waals surface area contributed by atoms with Gasteiger partial charge in [-0.15, -0.1) is 0 Å². The summed E-state index contributed by atoms with van der Waals surface area (Å²) in [5.74, 6) is -4.70. The van der Waals surface area contributed by atoms with Crippen molar-refractivity contribution in [3.05, 3.63) is 76.0 Å². The summed E-state index contributed by atoms with van der Waals surface area (Å²) in [6.07, 6.45) is -4.81. The number of esters is 1. The monoisotopic (exact) mass is 567 g/mol. The van der Waals surface area contributed by atoms with Crippen LogP contribution in [-0.2, 0) is 20.5 Å². The molecule has 206 valence electrons. The molecule has 3 rings (SSSR count). The van der Waals surface area contributed by atoms with Gasteiger partial charge in [-0.25, -0.2) is 4.39 Å². The molecule has 15 heteroatoms. The summed E-state index contributed by atoms with van der Waals surface area (Å²) < 4.78 is 62.9. The molecule has 0 spiro atoms. The van der Waals surface area contributed by atoms with E-state index in [2.05, 4.69) is 9.69 Å². The van der Waals surface area contributed by atoms with Gasteiger partial charge in [-0.3, -0.25) is 24.1 Å². The summed E-state index contributed by atoms with van der Waals surface area (Å²) in [6, 6.07) is 6.02. The minimum Gasteiger partial charge on any atom is -0.465 e. The number of hydrogen-bond acceptors (Lipinski definition) is 8. The van der Waals surface area contributed by atoms with Crippen molar-refractivity contribution in [2.45, 2.75) is 19.1 Å². The average Bonchev–Trinajstić information content (AvgIpc) is 3.27. The Morgan fingerprint density at radius 1 is 1.13 bits per heavy atom. The zero-order chi connectivity index (χ0) is 28.9. The molecule has 0 unspecified atom stereocenters. The molecule has 0 radical (unpaired) electrons. The fourth-order valence-electron chi connectivity index (χ4n) is 3.48. The van der Waals surface area contributed by atoms with Gasteiger partial charge in [0, 0.05) is 5.69 Å². The first-order valence-electron chi connectivity index (χ1n) is 11.1. The topological polar surface area (TPSA) is 158 Å². The first kappa shape index (κ1) is 29.0. The number of halogens is 4. The number of nitrogens with two attached hydrogens (primary N) is 2. The van der Waals surface area contributed by atoms with E-state index < -0.39 is 75.8 Å². The number of aromatic nitrogens is 1. The number of amides is 3. The van der Waals surface area contributed by atoms with Crippen molar-refractivity contribution < 1.29 is 41.5 Å². The van der Waals surface area contributed by atoms with Crippen molar-refractivity contribution in [1.82, 2.24) is 9.69 Å². The van der Waals surface area contributed by atoms with Crippen molar-refractivity contribution >= 4 is 46.6 Å². The first-order chi connectivity index (χ1) is 18.3. The molecular weight excluding hydrogens is 546 g/mol. The summed E-state index contributed by atoms with van der Waals surface area (Å²) >= 11 is 0.442. The van der Waals surface area contributed by atoms with Crippen LogP contribution in [0.25, 0.3) is 0 Å². The Kier molecular flexibility index (Phi) is 8.85. The number of rotatable bonds is 9. The molecule has 0 bridgehead atoms. The number of benzene rings is 2. The summed E-state index contributed by atoms with van der Waals surface area (Å²) in [7, 11) is 0. The Morgan fingerprint density at radius 2 is 1.79 bits per heavy atom. The fraction of sp³-hybridized carbons (Fsp3) is 0.208. The zero-order valence-corrected chi connectivity index (χ0v) is 20.9. The normalized spacial score (nSPS) is 11.9. The van der Waals surface area contributed by atoms with E-state index in [9.17, 15) is 36.7 Å². The van der Waals surface area contributed by atoms with Crippen LogP contribution in [0.3, 0.4) is 0 Å².